The highest BCUT2D eigenvalue weighted by Crippen LogP contribution is 2.36. The van der Waals surface area contributed by atoms with Gasteiger partial charge < -0.3 is 19.1 Å². The van der Waals surface area contributed by atoms with Crippen LogP contribution in [0.4, 0.5) is 9.93 Å². The van der Waals surface area contributed by atoms with Gasteiger partial charge in [-0.1, -0.05) is 17.8 Å². The van der Waals surface area contributed by atoms with Crippen molar-refractivity contribution in [1.29, 1.82) is 0 Å². The molecule has 0 radical (unpaired) electrons. The molecule has 1 aliphatic heterocycles. The van der Waals surface area contributed by atoms with Crippen LogP contribution < -0.4 is 14.8 Å². The molecule has 8 heteroatoms. The van der Waals surface area contributed by atoms with E-state index in [0.717, 1.165) is 48.5 Å². The van der Waals surface area contributed by atoms with Crippen molar-refractivity contribution in [2.45, 2.75) is 64.1 Å². The van der Waals surface area contributed by atoms with Crippen molar-refractivity contribution >= 4 is 22.5 Å². The summed E-state index contributed by atoms with van der Waals surface area (Å²) in [5, 5.41) is 3.66. The number of carbonyl (C=O) groups excluding carboxylic acids is 1. The number of amides is 2. The van der Waals surface area contributed by atoms with E-state index >= 15 is 0 Å². The molecule has 2 fully saturated rings. The standard InChI is InChI=1S/C24H33N3O4S/c1-16(17-7-6-8-17)27(15-18-10-11-19(29-2)13-21(18)30-3)24(28)26-23-25-14-22(32-23)20-9-4-5-12-31-20/h10-11,13-14,16-17,20H,4-9,12,15H2,1-3H3,(H,25,26,28). The average molecular weight is 460 g/mol. The van der Waals surface area contributed by atoms with Crippen molar-refractivity contribution in [3.63, 3.8) is 0 Å². The monoisotopic (exact) mass is 459 g/mol. The third kappa shape index (κ3) is 5.18. The van der Waals surface area contributed by atoms with E-state index in [1.807, 2.05) is 29.3 Å². The Bertz CT molecular complexity index is 908. The second kappa shape index (κ2) is 10.5. The molecule has 1 saturated heterocycles. The fourth-order valence-electron chi connectivity index (χ4n) is 4.37. The molecular formula is C24H33N3O4S. The zero-order valence-corrected chi connectivity index (χ0v) is 20.0. The van der Waals surface area contributed by atoms with Crippen LogP contribution in [0.5, 0.6) is 11.5 Å². The molecule has 4 rings (SSSR count). The number of nitrogens with one attached hydrogen (secondary N) is 1. The van der Waals surface area contributed by atoms with E-state index < -0.39 is 0 Å². The Morgan fingerprint density at radius 1 is 1.25 bits per heavy atom. The minimum absolute atomic E-state index is 0.0977. The number of benzene rings is 1. The van der Waals surface area contributed by atoms with Crippen molar-refractivity contribution in [2.24, 2.45) is 5.92 Å². The summed E-state index contributed by atoms with van der Waals surface area (Å²) in [4.78, 5) is 20.8. The maximum absolute atomic E-state index is 13.4. The van der Waals surface area contributed by atoms with Gasteiger partial charge in [0.1, 0.15) is 11.5 Å². The molecule has 2 aromatic rings. The van der Waals surface area contributed by atoms with Gasteiger partial charge in [-0.15, -0.1) is 0 Å². The van der Waals surface area contributed by atoms with Gasteiger partial charge in [-0.25, -0.2) is 9.78 Å². The number of hydrogen-bond donors (Lipinski definition) is 1. The molecule has 1 N–H and O–H groups in total. The lowest BCUT2D eigenvalue weighted by molar-refractivity contribution is 0.0171. The van der Waals surface area contributed by atoms with E-state index in [9.17, 15) is 4.79 Å². The lowest BCUT2D eigenvalue weighted by Crippen LogP contribution is -2.46. The van der Waals surface area contributed by atoms with Crippen molar-refractivity contribution in [2.75, 3.05) is 26.1 Å². The Morgan fingerprint density at radius 2 is 2.09 bits per heavy atom. The number of rotatable bonds is 8. The van der Waals surface area contributed by atoms with Crippen molar-refractivity contribution in [1.82, 2.24) is 9.88 Å². The Morgan fingerprint density at radius 3 is 2.75 bits per heavy atom. The highest BCUT2D eigenvalue weighted by atomic mass is 32.1. The van der Waals surface area contributed by atoms with E-state index in [2.05, 4.69) is 17.2 Å². The van der Waals surface area contributed by atoms with Crippen LogP contribution in [0.1, 0.15) is 62.0 Å². The number of hydrogen-bond acceptors (Lipinski definition) is 6. The van der Waals surface area contributed by atoms with Gasteiger partial charge in [-0.3, -0.25) is 5.32 Å². The maximum Gasteiger partial charge on any atom is 0.324 e. The average Bonchev–Trinajstić information content (AvgIpc) is 3.25. The molecule has 1 saturated carbocycles. The smallest absolute Gasteiger partial charge is 0.324 e. The molecule has 174 valence electrons. The van der Waals surface area contributed by atoms with E-state index in [1.54, 1.807) is 14.2 Å². The molecule has 1 aromatic carbocycles. The Kier molecular flexibility index (Phi) is 7.52. The first kappa shape index (κ1) is 22.9. The lowest BCUT2D eigenvalue weighted by Gasteiger charge is -2.39. The second-order valence-corrected chi connectivity index (χ2v) is 9.65. The molecule has 2 aliphatic rings. The molecular weight excluding hydrogens is 426 g/mol. The predicted octanol–water partition coefficient (Wildman–Crippen LogP) is 5.62. The van der Waals surface area contributed by atoms with Gasteiger partial charge in [-0.05, 0) is 57.1 Å². The summed E-state index contributed by atoms with van der Waals surface area (Å²) in [5.74, 6) is 1.97. The zero-order valence-electron chi connectivity index (χ0n) is 19.1. The third-order valence-electron chi connectivity index (χ3n) is 6.65. The number of aromatic nitrogens is 1. The third-order valence-corrected chi connectivity index (χ3v) is 7.66. The Balaban J connectivity index is 1.50. The first-order chi connectivity index (χ1) is 15.6. The highest BCUT2D eigenvalue weighted by molar-refractivity contribution is 7.15. The fraction of sp³-hybridized carbons (Fsp3) is 0.583. The molecule has 0 bridgehead atoms. The molecule has 0 spiro atoms. The van der Waals surface area contributed by atoms with Crippen LogP contribution in [0.3, 0.4) is 0 Å². The summed E-state index contributed by atoms with van der Waals surface area (Å²) in [7, 11) is 3.27. The Labute approximate surface area is 194 Å². The summed E-state index contributed by atoms with van der Waals surface area (Å²) in [6.07, 6.45) is 8.77. The summed E-state index contributed by atoms with van der Waals surface area (Å²) in [6, 6.07) is 5.72. The van der Waals surface area contributed by atoms with Crippen LogP contribution in [0.25, 0.3) is 0 Å². The first-order valence-corrected chi connectivity index (χ1v) is 12.3. The van der Waals surface area contributed by atoms with Gasteiger partial charge in [0, 0.05) is 30.5 Å². The topological polar surface area (TPSA) is 72.9 Å². The van der Waals surface area contributed by atoms with E-state index in [-0.39, 0.29) is 18.2 Å². The summed E-state index contributed by atoms with van der Waals surface area (Å²) in [6.45, 7) is 3.39. The normalized spacial score (nSPS) is 19.7. The molecule has 2 unspecified atom stereocenters. The zero-order chi connectivity index (χ0) is 22.5. The van der Waals surface area contributed by atoms with Crippen LogP contribution in [-0.2, 0) is 11.3 Å². The van der Waals surface area contributed by atoms with Crippen LogP contribution in [0, 0.1) is 5.92 Å². The molecule has 1 aliphatic carbocycles. The second-order valence-electron chi connectivity index (χ2n) is 8.59. The molecule has 2 atom stereocenters. The number of ether oxygens (including phenoxy) is 3. The van der Waals surface area contributed by atoms with Crippen molar-refractivity contribution < 1.29 is 19.0 Å². The summed E-state index contributed by atoms with van der Waals surface area (Å²) < 4.78 is 16.8. The predicted molar refractivity (Wildman–Crippen MR) is 126 cm³/mol. The fourth-order valence-corrected chi connectivity index (χ4v) is 5.25. The van der Waals surface area contributed by atoms with Crippen LogP contribution in [0.15, 0.2) is 24.4 Å². The number of urea groups is 1. The van der Waals surface area contributed by atoms with Gasteiger partial charge in [0.05, 0.1) is 31.7 Å². The molecule has 2 amide bonds. The van der Waals surface area contributed by atoms with Crippen molar-refractivity contribution in [3.8, 4) is 11.5 Å². The minimum atomic E-state index is -0.132. The van der Waals surface area contributed by atoms with Gasteiger partial charge in [0.25, 0.3) is 0 Å². The number of methoxy groups -OCH3 is 2. The van der Waals surface area contributed by atoms with Gasteiger partial charge in [0.2, 0.25) is 0 Å². The largest absolute Gasteiger partial charge is 0.497 e. The molecule has 1 aromatic heterocycles. The lowest BCUT2D eigenvalue weighted by atomic mass is 9.79. The van der Waals surface area contributed by atoms with Gasteiger partial charge in [-0.2, -0.15) is 0 Å². The number of carbonyl (C=O) groups is 1. The van der Waals surface area contributed by atoms with Gasteiger partial charge >= 0.3 is 6.03 Å². The number of anilines is 1. The van der Waals surface area contributed by atoms with E-state index in [4.69, 9.17) is 14.2 Å². The van der Waals surface area contributed by atoms with E-state index in [1.165, 1.54) is 24.2 Å². The minimum Gasteiger partial charge on any atom is -0.497 e. The van der Waals surface area contributed by atoms with Gasteiger partial charge in [0.15, 0.2) is 5.13 Å². The summed E-state index contributed by atoms with van der Waals surface area (Å²) in [5.41, 5.74) is 0.949. The maximum atomic E-state index is 13.4. The highest BCUT2D eigenvalue weighted by Gasteiger charge is 2.32. The number of nitrogens with zero attached hydrogens (tertiary/aromatic N) is 2. The molecule has 2 heterocycles. The number of thiazole rings is 1. The first-order valence-electron chi connectivity index (χ1n) is 11.4. The molecule has 32 heavy (non-hydrogen) atoms. The van der Waals surface area contributed by atoms with Crippen molar-refractivity contribution in [3.05, 3.63) is 34.8 Å². The Hall–Kier alpha value is -2.32. The van der Waals surface area contributed by atoms with Crippen LogP contribution in [0.2, 0.25) is 0 Å². The van der Waals surface area contributed by atoms with Crippen LogP contribution >= 0.6 is 11.3 Å². The summed E-state index contributed by atoms with van der Waals surface area (Å²) >= 11 is 1.51. The SMILES string of the molecule is COc1ccc(CN(C(=O)Nc2ncc(C3CCCCO3)s2)C(C)C2CCC2)c(OC)c1. The van der Waals surface area contributed by atoms with E-state index in [0.29, 0.717) is 23.3 Å². The van der Waals surface area contributed by atoms with Crippen LogP contribution in [-0.4, -0.2) is 42.8 Å². The quantitative estimate of drug-likeness (QED) is 0.554. The molecule has 7 nitrogen and oxygen atoms in total.